The Hall–Kier alpha value is -1.02. The maximum absolute atomic E-state index is 5.49. The molecule has 0 radical (unpaired) electrons. The first kappa shape index (κ1) is 13.0. The Kier molecular flexibility index (Phi) is 6.85. The zero-order chi connectivity index (χ0) is 9.52. The molecule has 1 N–H and O–H groups in total. The Morgan fingerprint density at radius 2 is 1.93 bits per heavy atom. The monoisotopic (exact) mass is 195 g/mol. The topological polar surface area (TPSA) is 21.3 Å². The quantitative estimate of drug-likeness (QED) is 0.687. The predicted octanol–water partition coefficient (Wildman–Crippen LogP) is 2.83. The smallest absolute Gasteiger partial charge is 0.123 e. The molecule has 2 nitrogen and oxygen atoms in total. The van der Waals surface area contributed by atoms with Crippen molar-refractivity contribution in [3.63, 3.8) is 0 Å². The molecule has 0 unspecified atom stereocenters. The summed E-state index contributed by atoms with van der Waals surface area (Å²) in [5.41, 5.74) is 1.25. The Balaban J connectivity index is 0.000000531. The van der Waals surface area contributed by atoms with Crippen molar-refractivity contribution in [2.75, 3.05) is 13.2 Å². The van der Waals surface area contributed by atoms with Crippen LogP contribution >= 0.6 is 0 Å². The molecule has 2 rings (SSSR count). The van der Waals surface area contributed by atoms with E-state index in [0.717, 1.165) is 25.4 Å². The molecule has 1 aliphatic rings. The van der Waals surface area contributed by atoms with Crippen LogP contribution in [0.3, 0.4) is 0 Å². The van der Waals surface area contributed by atoms with Gasteiger partial charge in [-0.15, -0.1) is 0 Å². The molecule has 80 valence electrons. The number of benzene rings is 1. The van der Waals surface area contributed by atoms with E-state index in [1.54, 1.807) is 0 Å². The fourth-order valence-electron chi connectivity index (χ4n) is 1.25. The average Bonchev–Trinajstić information content (AvgIpc) is 2.45. The fourth-order valence-corrected chi connectivity index (χ4v) is 1.25. The molecule has 0 saturated heterocycles. The van der Waals surface area contributed by atoms with E-state index in [1.165, 1.54) is 5.56 Å². The van der Waals surface area contributed by atoms with Gasteiger partial charge >= 0.3 is 0 Å². The molecule has 0 atom stereocenters. The summed E-state index contributed by atoms with van der Waals surface area (Å²) in [4.78, 5) is 0. The van der Waals surface area contributed by atoms with Gasteiger partial charge in [-0.3, -0.25) is 0 Å². The molecule has 1 aromatic carbocycles. The molecule has 0 spiro atoms. The van der Waals surface area contributed by atoms with Crippen LogP contribution in [-0.4, -0.2) is 13.2 Å². The van der Waals surface area contributed by atoms with Crippen molar-refractivity contribution < 1.29 is 4.74 Å². The Bertz CT molecular complexity index is 223. The third kappa shape index (κ3) is 3.38. The van der Waals surface area contributed by atoms with Crippen LogP contribution in [0.15, 0.2) is 24.3 Å². The van der Waals surface area contributed by atoms with Crippen LogP contribution in [0.5, 0.6) is 5.75 Å². The highest BCUT2D eigenvalue weighted by Gasteiger charge is 2.05. The third-order valence-electron chi connectivity index (χ3n) is 1.82. The lowest BCUT2D eigenvalue weighted by Gasteiger charge is -2.03. The molecule has 1 aromatic rings. The number of ether oxygens (including phenoxy) is 1. The van der Waals surface area contributed by atoms with Gasteiger partial charge in [0, 0.05) is 18.7 Å². The van der Waals surface area contributed by atoms with Gasteiger partial charge in [0.25, 0.3) is 0 Å². The number of rotatable bonds is 0. The summed E-state index contributed by atoms with van der Waals surface area (Å²) < 4.78 is 5.49. The molecule has 0 saturated carbocycles. The van der Waals surface area contributed by atoms with Crippen LogP contribution in [0.4, 0.5) is 0 Å². The van der Waals surface area contributed by atoms with Crippen molar-refractivity contribution in [1.29, 1.82) is 0 Å². The first-order chi connectivity index (χ1) is 6.47. The maximum Gasteiger partial charge on any atom is 0.123 e. The zero-order valence-electron chi connectivity index (χ0n) is 8.34. The number of fused-ring (bicyclic) bond motifs is 1. The van der Waals surface area contributed by atoms with Crippen LogP contribution in [0.1, 0.15) is 26.8 Å². The number of para-hydroxylation sites is 1. The highest BCUT2D eigenvalue weighted by atomic mass is 16.5. The molecule has 0 aromatic heterocycles. The summed E-state index contributed by atoms with van der Waals surface area (Å²) in [6.45, 7) is 6.64. The molecule has 0 amide bonds. The van der Waals surface area contributed by atoms with Gasteiger partial charge in [-0.05, 0) is 6.07 Å². The average molecular weight is 195 g/mol. The molecule has 14 heavy (non-hydrogen) atoms. The standard InChI is InChI=1S/C9H11NO.C2H6.CH4/c1-2-4-9-8(3-1)7-10-5-6-11-9;1-2;/h1-4,10H,5-7H2;1-2H3;1H4. The van der Waals surface area contributed by atoms with Gasteiger partial charge in [0.1, 0.15) is 12.4 Å². The van der Waals surface area contributed by atoms with E-state index < -0.39 is 0 Å². The third-order valence-corrected chi connectivity index (χ3v) is 1.82. The minimum atomic E-state index is 0. The Morgan fingerprint density at radius 3 is 2.71 bits per heavy atom. The van der Waals surface area contributed by atoms with Gasteiger partial charge < -0.3 is 10.1 Å². The van der Waals surface area contributed by atoms with Crippen molar-refractivity contribution in [2.45, 2.75) is 27.8 Å². The first-order valence-corrected chi connectivity index (χ1v) is 4.88. The molecule has 0 fully saturated rings. The number of hydrogen-bond acceptors (Lipinski definition) is 2. The summed E-state index contributed by atoms with van der Waals surface area (Å²) >= 11 is 0. The lowest BCUT2D eigenvalue weighted by atomic mass is 10.2. The normalized spacial score (nSPS) is 13.3. The van der Waals surface area contributed by atoms with Gasteiger partial charge in [0.05, 0.1) is 0 Å². The lowest BCUT2D eigenvalue weighted by molar-refractivity contribution is 0.326. The first-order valence-electron chi connectivity index (χ1n) is 4.88. The van der Waals surface area contributed by atoms with E-state index in [4.69, 9.17) is 4.74 Å². The van der Waals surface area contributed by atoms with E-state index in [9.17, 15) is 0 Å². The fraction of sp³-hybridized carbons (Fsp3) is 0.500. The van der Waals surface area contributed by atoms with Gasteiger partial charge in [-0.1, -0.05) is 39.5 Å². The second kappa shape index (κ2) is 7.39. The molecule has 0 bridgehead atoms. The summed E-state index contributed by atoms with van der Waals surface area (Å²) in [5.74, 6) is 1.03. The molecular formula is C12H21NO. The molecule has 2 heteroatoms. The van der Waals surface area contributed by atoms with Crippen molar-refractivity contribution >= 4 is 0 Å². The minimum absolute atomic E-state index is 0. The van der Waals surface area contributed by atoms with Gasteiger partial charge in [0.2, 0.25) is 0 Å². The summed E-state index contributed by atoms with van der Waals surface area (Å²) in [6.07, 6.45) is 0. The minimum Gasteiger partial charge on any atom is -0.492 e. The van der Waals surface area contributed by atoms with Gasteiger partial charge in [-0.25, -0.2) is 0 Å². The van der Waals surface area contributed by atoms with Crippen molar-refractivity contribution in [2.24, 2.45) is 0 Å². The van der Waals surface area contributed by atoms with Crippen LogP contribution in [0.25, 0.3) is 0 Å². The summed E-state index contributed by atoms with van der Waals surface area (Å²) in [6, 6.07) is 8.15. The Morgan fingerprint density at radius 1 is 1.21 bits per heavy atom. The highest BCUT2D eigenvalue weighted by Crippen LogP contribution is 2.18. The Labute approximate surface area is 87.3 Å². The summed E-state index contributed by atoms with van der Waals surface area (Å²) in [7, 11) is 0. The van der Waals surface area contributed by atoms with Gasteiger partial charge in [-0.2, -0.15) is 0 Å². The number of hydrogen-bond donors (Lipinski definition) is 1. The van der Waals surface area contributed by atoms with Crippen LogP contribution < -0.4 is 10.1 Å². The molecule has 1 heterocycles. The van der Waals surface area contributed by atoms with Crippen molar-refractivity contribution in [3.05, 3.63) is 29.8 Å². The van der Waals surface area contributed by atoms with Crippen molar-refractivity contribution in [1.82, 2.24) is 5.32 Å². The number of nitrogens with one attached hydrogen (secondary N) is 1. The second-order valence-electron chi connectivity index (χ2n) is 2.63. The van der Waals surface area contributed by atoms with Crippen molar-refractivity contribution in [3.8, 4) is 5.75 Å². The predicted molar refractivity (Wildman–Crippen MR) is 61.7 cm³/mol. The lowest BCUT2D eigenvalue weighted by Crippen LogP contribution is -2.16. The van der Waals surface area contributed by atoms with E-state index >= 15 is 0 Å². The second-order valence-corrected chi connectivity index (χ2v) is 2.63. The molecule has 1 aliphatic heterocycles. The maximum atomic E-state index is 5.49. The summed E-state index contributed by atoms with van der Waals surface area (Å²) in [5, 5.41) is 3.28. The SMILES string of the molecule is C.CC.c1ccc2c(c1)CNCCO2. The van der Waals surface area contributed by atoms with Crippen LogP contribution in [0, 0.1) is 0 Å². The highest BCUT2D eigenvalue weighted by molar-refractivity contribution is 5.33. The largest absolute Gasteiger partial charge is 0.492 e. The van der Waals surface area contributed by atoms with Crippen LogP contribution in [-0.2, 0) is 6.54 Å². The van der Waals surface area contributed by atoms with E-state index in [0.29, 0.717) is 0 Å². The van der Waals surface area contributed by atoms with Gasteiger partial charge in [0.15, 0.2) is 0 Å². The van der Waals surface area contributed by atoms with E-state index in [-0.39, 0.29) is 7.43 Å². The van der Waals surface area contributed by atoms with E-state index in [2.05, 4.69) is 11.4 Å². The molecular weight excluding hydrogens is 174 g/mol. The molecule has 0 aliphatic carbocycles. The van der Waals surface area contributed by atoms with E-state index in [1.807, 2.05) is 32.0 Å². The van der Waals surface area contributed by atoms with Crippen LogP contribution in [0.2, 0.25) is 0 Å². The zero-order valence-corrected chi connectivity index (χ0v) is 8.34.